The van der Waals surface area contributed by atoms with Crippen LogP contribution in [0.5, 0.6) is 0 Å². The number of aryl methyl sites for hydroxylation is 1. The van der Waals surface area contributed by atoms with Crippen LogP contribution in [0.15, 0.2) is 24.3 Å². The first-order chi connectivity index (χ1) is 7.06. The molecule has 0 aliphatic carbocycles. The predicted molar refractivity (Wildman–Crippen MR) is 57.6 cm³/mol. The molecule has 1 N–H and O–H groups in total. The van der Waals surface area contributed by atoms with E-state index in [1.54, 1.807) is 6.92 Å². The fourth-order valence-electron chi connectivity index (χ4n) is 1.38. The molecule has 1 rings (SSSR count). The highest BCUT2D eigenvalue weighted by Crippen LogP contribution is 2.20. The highest BCUT2D eigenvalue weighted by atomic mass is 16.5. The van der Waals surface area contributed by atoms with Gasteiger partial charge in [0.2, 0.25) is 0 Å². The van der Waals surface area contributed by atoms with Crippen molar-refractivity contribution >= 4 is 5.97 Å². The van der Waals surface area contributed by atoms with Gasteiger partial charge in [0.1, 0.15) is 0 Å². The smallest absolute Gasteiger partial charge is 0.335 e. The third-order valence-electron chi connectivity index (χ3n) is 2.52. The number of benzene rings is 1. The van der Waals surface area contributed by atoms with Gasteiger partial charge in [-0.3, -0.25) is 0 Å². The van der Waals surface area contributed by atoms with E-state index in [0.29, 0.717) is 0 Å². The number of rotatable bonds is 3. The van der Waals surface area contributed by atoms with Crippen molar-refractivity contribution in [3.63, 3.8) is 0 Å². The molecule has 0 radical (unpaired) electrons. The lowest BCUT2D eigenvalue weighted by molar-refractivity contribution is -0.151. The third-order valence-corrected chi connectivity index (χ3v) is 2.52. The molecule has 0 saturated carbocycles. The maximum atomic E-state index is 11.1. The van der Waals surface area contributed by atoms with Crippen molar-refractivity contribution in [1.29, 1.82) is 0 Å². The van der Waals surface area contributed by atoms with Gasteiger partial charge in [-0.2, -0.15) is 0 Å². The number of hydrogen-bond acceptors (Lipinski definition) is 3. The number of methoxy groups -OCH3 is 1. The second-order valence-electron chi connectivity index (χ2n) is 3.67. The van der Waals surface area contributed by atoms with Crippen molar-refractivity contribution in [2.75, 3.05) is 7.11 Å². The van der Waals surface area contributed by atoms with Crippen LogP contribution in [0, 0.1) is 6.92 Å². The predicted octanol–water partition coefficient (Wildman–Crippen LogP) is 1.63. The van der Waals surface area contributed by atoms with Gasteiger partial charge in [0.25, 0.3) is 0 Å². The number of ether oxygens (including phenoxy) is 1. The Morgan fingerprint density at radius 2 is 1.87 bits per heavy atom. The van der Waals surface area contributed by atoms with E-state index in [1.807, 2.05) is 31.2 Å². The fraction of sp³-hybridized carbons (Fsp3) is 0.417. The molecule has 1 aromatic carbocycles. The summed E-state index contributed by atoms with van der Waals surface area (Å²) in [5.41, 5.74) is 2.08. The number of aliphatic hydroxyl groups excluding tert-OH is 1. The van der Waals surface area contributed by atoms with Crippen LogP contribution in [0.1, 0.15) is 24.0 Å². The molecule has 0 aliphatic rings. The van der Waals surface area contributed by atoms with E-state index in [-0.39, 0.29) is 5.92 Å². The molecule has 15 heavy (non-hydrogen) atoms. The van der Waals surface area contributed by atoms with Gasteiger partial charge in [-0.05, 0) is 12.5 Å². The van der Waals surface area contributed by atoms with E-state index >= 15 is 0 Å². The molecule has 3 heteroatoms. The van der Waals surface area contributed by atoms with Crippen molar-refractivity contribution in [2.24, 2.45) is 0 Å². The number of aliphatic hydroxyl groups is 1. The van der Waals surface area contributed by atoms with Crippen molar-refractivity contribution < 1.29 is 14.6 Å². The summed E-state index contributed by atoms with van der Waals surface area (Å²) >= 11 is 0. The van der Waals surface area contributed by atoms with Gasteiger partial charge in [-0.15, -0.1) is 0 Å². The Bertz CT molecular complexity index is 329. The Morgan fingerprint density at radius 1 is 1.33 bits per heavy atom. The summed E-state index contributed by atoms with van der Waals surface area (Å²) in [6, 6.07) is 7.73. The summed E-state index contributed by atoms with van der Waals surface area (Å²) in [5, 5.41) is 9.63. The highest BCUT2D eigenvalue weighted by molar-refractivity contribution is 5.75. The average Bonchev–Trinajstić information content (AvgIpc) is 2.27. The lowest BCUT2D eigenvalue weighted by Crippen LogP contribution is -2.27. The van der Waals surface area contributed by atoms with Gasteiger partial charge in [-0.25, -0.2) is 4.79 Å². The highest BCUT2D eigenvalue weighted by Gasteiger charge is 2.24. The van der Waals surface area contributed by atoms with Crippen molar-refractivity contribution in [1.82, 2.24) is 0 Å². The molecule has 0 aliphatic heterocycles. The van der Waals surface area contributed by atoms with E-state index < -0.39 is 12.1 Å². The molecule has 1 aromatic rings. The molecule has 0 heterocycles. The summed E-state index contributed by atoms with van der Waals surface area (Å²) < 4.78 is 4.49. The first-order valence-corrected chi connectivity index (χ1v) is 4.88. The second kappa shape index (κ2) is 4.94. The first-order valence-electron chi connectivity index (χ1n) is 4.88. The topological polar surface area (TPSA) is 46.5 Å². The Kier molecular flexibility index (Phi) is 3.86. The molecule has 2 atom stereocenters. The largest absolute Gasteiger partial charge is 0.467 e. The van der Waals surface area contributed by atoms with Crippen LogP contribution in [0.4, 0.5) is 0 Å². The second-order valence-corrected chi connectivity index (χ2v) is 3.67. The molecule has 0 amide bonds. The fourth-order valence-corrected chi connectivity index (χ4v) is 1.38. The molecular formula is C12H16O3. The zero-order valence-corrected chi connectivity index (χ0v) is 9.23. The minimum absolute atomic E-state index is 0.252. The van der Waals surface area contributed by atoms with Gasteiger partial charge < -0.3 is 9.84 Å². The molecule has 0 saturated heterocycles. The summed E-state index contributed by atoms with van der Waals surface area (Å²) in [6.07, 6.45) is -1.10. The zero-order valence-electron chi connectivity index (χ0n) is 9.23. The van der Waals surface area contributed by atoms with E-state index in [4.69, 9.17) is 0 Å². The van der Waals surface area contributed by atoms with Gasteiger partial charge in [0.05, 0.1) is 7.11 Å². The van der Waals surface area contributed by atoms with Crippen LogP contribution in [0.25, 0.3) is 0 Å². The minimum atomic E-state index is -1.10. The summed E-state index contributed by atoms with van der Waals surface area (Å²) in [6.45, 7) is 3.79. The normalized spacial score (nSPS) is 14.4. The molecule has 3 nitrogen and oxygen atoms in total. The Labute approximate surface area is 89.7 Å². The molecule has 0 fully saturated rings. The van der Waals surface area contributed by atoms with Gasteiger partial charge >= 0.3 is 5.97 Å². The van der Waals surface area contributed by atoms with E-state index in [2.05, 4.69) is 4.74 Å². The van der Waals surface area contributed by atoms with E-state index in [9.17, 15) is 9.90 Å². The SMILES string of the molecule is COC(=O)C(O)C(C)c1ccc(C)cc1. The minimum Gasteiger partial charge on any atom is -0.467 e. The van der Waals surface area contributed by atoms with Gasteiger partial charge in [-0.1, -0.05) is 36.8 Å². The summed E-state index contributed by atoms with van der Waals surface area (Å²) in [7, 11) is 1.27. The average molecular weight is 208 g/mol. The standard InChI is InChI=1S/C12H16O3/c1-8-4-6-10(7-5-8)9(2)11(13)12(14)15-3/h4-7,9,11,13H,1-3H3. The number of hydrogen-bond donors (Lipinski definition) is 1. The number of carbonyl (C=O) groups excluding carboxylic acids is 1. The van der Waals surface area contributed by atoms with Crippen LogP contribution >= 0.6 is 0 Å². The van der Waals surface area contributed by atoms with Crippen LogP contribution in [0.2, 0.25) is 0 Å². The number of esters is 1. The monoisotopic (exact) mass is 208 g/mol. The van der Waals surface area contributed by atoms with Gasteiger partial charge in [0.15, 0.2) is 6.10 Å². The van der Waals surface area contributed by atoms with Crippen molar-refractivity contribution in [3.8, 4) is 0 Å². The molecule has 0 bridgehead atoms. The van der Waals surface area contributed by atoms with Crippen LogP contribution in [-0.4, -0.2) is 24.3 Å². The zero-order chi connectivity index (χ0) is 11.4. The van der Waals surface area contributed by atoms with Crippen molar-refractivity contribution in [2.45, 2.75) is 25.9 Å². The first kappa shape index (κ1) is 11.7. The van der Waals surface area contributed by atoms with Crippen LogP contribution < -0.4 is 0 Å². The Morgan fingerprint density at radius 3 is 2.33 bits per heavy atom. The molecule has 2 unspecified atom stereocenters. The van der Waals surface area contributed by atoms with E-state index in [0.717, 1.165) is 11.1 Å². The quantitative estimate of drug-likeness (QED) is 0.768. The lowest BCUT2D eigenvalue weighted by atomic mass is 9.95. The van der Waals surface area contributed by atoms with Gasteiger partial charge in [0, 0.05) is 5.92 Å². The number of carbonyl (C=O) groups is 1. The molecule has 0 aromatic heterocycles. The molecular weight excluding hydrogens is 192 g/mol. The summed E-state index contributed by atoms with van der Waals surface area (Å²) in [5.74, 6) is -0.846. The third kappa shape index (κ3) is 2.80. The maximum absolute atomic E-state index is 11.1. The Hall–Kier alpha value is -1.35. The lowest BCUT2D eigenvalue weighted by Gasteiger charge is -2.17. The molecule has 0 spiro atoms. The van der Waals surface area contributed by atoms with Crippen molar-refractivity contribution in [3.05, 3.63) is 35.4 Å². The van der Waals surface area contributed by atoms with Crippen LogP contribution in [0.3, 0.4) is 0 Å². The Balaban J connectivity index is 2.80. The van der Waals surface area contributed by atoms with Crippen LogP contribution in [-0.2, 0) is 9.53 Å². The summed E-state index contributed by atoms with van der Waals surface area (Å²) in [4.78, 5) is 11.1. The molecule has 82 valence electrons. The maximum Gasteiger partial charge on any atom is 0.335 e. The van der Waals surface area contributed by atoms with E-state index in [1.165, 1.54) is 7.11 Å².